The number of pyridine rings is 1. The second-order valence-electron chi connectivity index (χ2n) is 5.10. The average molecular weight is 304 g/mol. The molecule has 7 heteroatoms. The maximum Gasteiger partial charge on any atom is 0.223 e. The number of aromatic nitrogens is 3. The van der Waals surface area contributed by atoms with Gasteiger partial charge in [-0.1, -0.05) is 16.8 Å². The minimum Gasteiger partial charge on any atom is -0.355 e. The Balaban J connectivity index is 1.81. The quantitative estimate of drug-likeness (QED) is 0.848. The van der Waals surface area contributed by atoms with Crippen LogP contribution in [0.1, 0.15) is 36.0 Å². The first-order chi connectivity index (χ1) is 10.2. The molecule has 2 aromatic heterocycles. The van der Waals surface area contributed by atoms with Crippen molar-refractivity contribution in [2.24, 2.45) is 0 Å². The molecule has 3 heterocycles. The van der Waals surface area contributed by atoms with Crippen LogP contribution in [-0.2, 0) is 0 Å². The van der Waals surface area contributed by atoms with Crippen molar-refractivity contribution in [3.63, 3.8) is 0 Å². The van der Waals surface area contributed by atoms with Crippen LogP contribution < -0.4 is 4.90 Å². The highest BCUT2D eigenvalue weighted by atomic mass is 35.5. The number of nitriles is 1. The fraction of sp³-hybridized carbons (Fsp3) is 0.429. The summed E-state index contributed by atoms with van der Waals surface area (Å²) in [5.74, 6) is 2.24. The number of piperidine rings is 1. The average Bonchev–Trinajstić information content (AvgIpc) is 2.94. The van der Waals surface area contributed by atoms with Crippen LogP contribution in [-0.4, -0.2) is 28.2 Å². The molecule has 1 aliphatic heterocycles. The zero-order chi connectivity index (χ0) is 14.8. The molecule has 0 saturated carbocycles. The van der Waals surface area contributed by atoms with E-state index in [0.29, 0.717) is 22.3 Å². The Morgan fingerprint density at radius 2 is 2.38 bits per heavy atom. The first kappa shape index (κ1) is 13.8. The molecule has 2 aromatic rings. The van der Waals surface area contributed by atoms with E-state index >= 15 is 0 Å². The van der Waals surface area contributed by atoms with Crippen molar-refractivity contribution in [1.29, 1.82) is 5.26 Å². The second kappa shape index (κ2) is 5.70. The highest BCUT2D eigenvalue weighted by Gasteiger charge is 2.26. The summed E-state index contributed by atoms with van der Waals surface area (Å²) in [6.45, 7) is 3.42. The molecule has 0 amide bonds. The Bertz CT molecular complexity index is 693. The monoisotopic (exact) mass is 303 g/mol. The first-order valence-corrected chi connectivity index (χ1v) is 7.16. The standard InChI is InChI=1S/C14H14ClN5O/c1-9-18-13(19-21-9)11-3-2-4-20(8-11)14-12(15)5-10(6-16)7-17-14/h5,7,11H,2-4,8H2,1H3. The number of nitrogens with zero attached hydrogens (tertiary/aromatic N) is 5. The molecular formula is C14H14ClN5O. The van der Waals surface area contributed by atoms with E-state index in [1.165, 1.54) is 0 Å². The molecule has 1 fully saturated rings. The maximum atomic E-state index is 8.87. The van der Waals surface area contributed by atoms with Crippen molar-refractivity contribution < 1.29 is 4.52 Å². The predicted octanol–water partition coefficient (Wildman–Crippen LogP) is 2.68. The molecule has 0 aromatic carbocycles. The van der Waals surface area contributed by atoms with Crippen molar-refractivity contribution in [2.45, 2.75) is 25.7 Å². The van der Waals surface area contributed by atoms with Crippen LogP contribution in [0.5, 0.6) is 0 Å². The topological polar surface area (TPSA) is 78.8 Å². The third-order valence-corrected chi connectivity index (χ3v) is 3.86. The SMILES string of the molecule is Cc1nc(C2CCCN(c3ncc(C#N)cc3Cl)C2)no1. The van der Waals surface area contributed by atoms with Gasteiger partial charge in [-0.15, -0.1) is 0 Å². The Kier molecular flexibility index (Phi) is 3.76. The van der Waals surface area contributed by atoms with E-state index in [2.05, 4.69) is 20.0 Å². The largest absolute Gasteiger partial charge is 0.355 e. The van der Waals surface area contributed by atoms with E-state index in [1.54, 1.807) is 19.2 Å². The molecule has 0 N–H and O–H groups in total. The van der Waals surface area contributed by atoms with Gasteiger partial charge in [-0.2, -0.15) is 10.2 Å². The van der Waals surface area contributed by atoms with Crippen LogP contribution in [0, 0.1) is 18.3 Å². The van der Waals surface area contributed by atoms with E-state index in [1.807, 2.05) is 6.07 Å². The van der Waals surface area contributed by atoms with E-state index < -0.39 is 0 Å². The van der Waals surface area contributed by atoms with Crippen LogP contribution in [0.25, 0.3) is 0 Å². The van der Waals surface area contributed by atoms with Crippen LogP contribution in [0.4, 0.5) is 5.82 Å². The minimum atomic E-state index is 0.213. The highest BCUT2D eigenvalue weighted by molar-refractivity contribution is 6.33. The predicted molar refractivity (Wildman–Crippen MR) is 77.2 cm³/mol. The summed E-state index contributed by atoms with van der Waals surface area (Å²) in [6.07, 6.45) is 3.57. The number of aryl methyl sites for hydroxylation is 1. The van der Waals surface area contributed by atoms with E-state index in [9.17, 15) is 0 Å². The lowest BCUT2D eigenvalue weighted by molar-refractivity contribution is 0.376. The van der Waals surface area contributed by atoms with Crippen molar-refractivity contribution in [3.8, 4) is 6.07 Å². The lowest BCUT2D eigenvalue weighted by Gasteiger charge is -2.32. The third kappa shape index (κ3) is 2.83. The van der Waals surface area contributed by atoms with Gasteiger partial charge in [0.15, 0.2) is 5.82 Å². The summed E-state index contributed by atoms with van der Waals surface area (Å²) in [4.78, 5) is 10.7. The number of anilines is 1. The van der Waals surface area contributed by atoms with Gasteiger partial charge in [0, 0.05) is 32.1 Å². The van der Waals surface area contributed by atoms with Gasteiger partial charge in [-0.3, -0.25) is 0 Å². The zero-order valence-electron chi connectivity index (χ0n) is 11.6. The smallest absolute Gasteiger partial charge is 0.223 e. The van der Waals surface area contributed by atoms with Gasteiger partial charge in [-0.25, -0.2) is 4.98 Å². The van der Waals surface area contributed by atoms with Gasteiger partial charge in [-0.05, 0) is 18.9 Å². The van der Waals surface area contributed by atoms with Gasteiger partial charge in [0.1, 0.15) is 11.9 Å². The summed E-state index contributed by atoms with van der Waals surface area (Å²) >= 11 is 6.23. The number of rotatable bonds is 2. The van der Waals surface area contributed by atoms with Gasteiger partial charge in [0.05, 0.1) is 10.6 Å². The molecule has 3 rings (SSSR count). The first-order valence-electron chi connectivity index (χ1n) is 6.78. The van der Waals surface area contributed by atoms with Crippen LogP contribution in [0.3, 0.4) is 0 Å². The molecule has 1 aliphatic rings. The molecular weight excluding hydrogens is 290 g/mol. The normalized spacial score (nSPS) is 18.5. The fourth-order valence-corrected chi connectivity index (χ4v) is 2.87. The molecule has 0 bridgehead atoms. The van der Waals surface area contributed by atoms with Gasteiger partial charge in [0.2, 0.25) is 5.89 Å². The summed E-state index contributed by atoms with van der Waals surface area (Å²) < 4.78 is 5.06. The molecule has 0 aliphatic carbocycles. The number of hydrogen-bond acceptors (Lipinski definition) is 6. The van der Waals surface area contributed by atoms with Crippen molar-refractivity contribution >= 4 is 17.4 Å². The molecule has 6 nitrogen and oxygen atoms in total. The van der Waals surface area contributed by atoms with Gasteiger partial charge in [0.25, 0.3) is 0 Å². The Labute approximate surface area is 127 Å². The van der Waals surface area contributed by atoms with Crippen LogP contribution in [0.15, 0.2) is 16.8 Å². The lowest BCUT2D eigenvalue weighted by Crippen LogP contribution is -2.35. The van der Waals surface area contributed by atoms with Crippen molar-refractivity contribution in [1.82, 2.24) is 15.1 Å². The molecule has 1 saturated heterocycles. The van der Waals surface area contributed by atoms with Crippen LogP contribution >= 0.6 is 11.6 Å². The minimum absolute atomic E-state index is 0.213. The second-order valence-corrected chi connectivity index (χ2v) is 5.51. The fourth-order valence-electron chi connectivity index (χ4n) is 2.59. The Morgan fingerprint density at radius 3 is 3.05 bits per heavy atom. The lowest BCUT2D eigenvalue weighted by atomic mass is 9.97. The maximum absolute atomic E-state index is 8.87. The summed E-state index contributed by atoms with van der Waals surface area (Å²) in [6, 6.07) is 3.68. The Hall–Kier alpha value is -2.13. The molecule has 0 spiro atoms. The summed E-state index contributed by atoms with van der Waals surface area (Å²) in [5.41, 5.74) is 0.464. The van der Waals surface area contributed by atoms with E-state index in [4.69, 9.17) is 21.4 Å². The van der Waals surface area contributed by atoms with Crippen molar-refractivity contribution in [3.05, 3.63) is 34.6 Å². The summed E-state index contributed by atoms with van der Waals surface area (Å²) in [5, 5.41) is 13.4. The highest BCUT2D eigenvalue weighted by Crippen LogP contribution is 2.31. The van der Waals surface area contributed by atoms with E-state index in [-0.39, 0.29) is 5.92 Å². The number of hydrogen-bond donors (Lipinski definition) is 0. The van der Waals surface area contributed by atoms with E-state index in [0.717, 1.165) is 31.8 Å². The molecule has 0 radical (unpaired) electrons. The summed E-state index contributed by atoms with van der Waals surface area (Å²) in [7, 11) is 0. The molecule has 1 atom stereocenters. The molecule has 108 valence electrons. The Morgan fingerprint density at radius 1 is 1.52 bits per heavy atom. The van der Waals surface area contributed by atoms with Crippen molar-refractivity contribution in [2.75, 3.05) is 18.0 Å². The van der Waals surface area contributed by atoms with Crippen LogP contribution in [0.2, 0.25) is 5.02 Å². The zero-order valence-corrected chi connectivity index (χ0v) is 12.3. The third-order valence-electron chi connectivity index (χ3n) is 3.58. The van der Waals surface area contributed by atoms with Gasteiger partial charge >= 0.3 is 0 Å². The van der Waals surface area contributed by atoms with Gasteiger partial charge < -0.3 is 9.42 Å². The number of halogens is 1. The molecule has 1 unspecified atom stereocenters. The molecule has 21 heavy (non-hydrogen) atoms.